The minimum Gasteiger partial charge on any atom is -0.724 e. The Morgan fingerprint density at radius 1 is 1.54 bits per heavy atom. The second-order valence-corrected chi connectivity index (χ2v) is 2.96. The number of piperidine rings is 1. The summed E-state index contributed by atoms with van der Waals surface area (Å²) in [5, 5.41) is 14.2. The Hall–Kier alpha value is -1.21. The average molecular weight is 187 g/mol. The maximum Gasteiger partial charge on any atom is 0.220 e. The van der Waals surface area contributed by atoms with Gasteiger partial charge in [-0.25, -0.2) is 5.01 Å². The van der Waals surface area contributed by atoms with Crippen LogP contribution >= 0.6 is 0 Å². The fourth-order valence-corrected chi connectivity index (χ4v) is 1.37. The van der Waals surface area contributed by atoms with Gasteiger partial charge >= 0.3 is 0 Å². The molecule has 0 saturated carbocycles. The number of nitrogens with two attached hydrogens (primary N) is 1. The van der Waals surface area contributed by atoms with E-state index in [2.05, 4.69) is 5.29 Å². The number of carbonyl (C=O) groups excluding carboxylic acids is 1. The number of hydrogen-bond acceptors (Lipinski definition) is 5. The fraction of sp³-hybridized carbons (Fsp3) is 0.833. The highest BCUT2D eigenvalue weighted by molar-refractivity contribution is 5.76. The molecule has 1 aliphatic heterocycles. The zero-order chi connectivity index (χ0) is 9.84. The van der Waals surface area contributed by atoms with Crippen LogP contribution in [0, 0.1) is 16.0 Å². The molecule has 2 N–H and O–H groups in total. The van der Waals surface area contributed by atoms with Gasteiger partial charge in [-0.05, 0) is 12.8 Å². The normalized spacial score (nSPS) is 19.8. The molecule has 0 aliphatic carbocycles. The molecular weight excluding hydrogens is 176 g/mol. The molecule has 1 aliphatic rings. The Bertz CT molecular complexity index is 202. The van der Waals surface area contributed by atoms with Crippen molar-refractivity contribution in [2.75, 3.05) is 13.1 Å². The van der Waals surface area contributed by atoms with Gasteiger partial charge in [0, 0.05) is 19.0 Å². The monoisotopic (exact) mass is 187 g/mol. The summed E-state index contributed by atoms with van der Waals surface area (Å²) in [5.41, 5.74) is 5.09. The van der Waals surface area contributed by atoms with Gasteiger partial charge in [0.05, 0.1) is 5.29 Å². The van der Waals surface area contributed by atoms with E-state index in [4.69, 9.17) is 5.73 Å². The molecule has 0 radical (unpaired) electrons. The summed E-state index contributed by atoms with van der Waals surface area (Å²) in [7, 11) is 0. The molecule has 1 rings (SSSR count). The highest BCUT2D eigenvalue weighted by atomic mass is 16.6. The number of rotatable bonds is 3. The third-order valence-electron chi connectivity index (χ3n) is 2.19. The first-order chi connectivity index (χ1) is 6.15. The third-order valence-corrected chi connectivity index (χ3v) is 2.19. The highest BCUT2D eigenvalue weighted by Crippen LogP contribution is 2.17. The summed E-state index contributed by atoms with van der Waals surface area (Å²) in [4.78, 5) is 20.6. The summed E-state index contributed by atoms with van der Waals surface area (Å²) in [6, 6.07) is 0. The molecule has 0 unspecified atom stereocenters. The van der Waals surface area contributed by atoms with Crippen molar-refractivity contribution in [3.8, 4) is 0 Å². The Kier molecular flexibility index (Phi) is 3.15. The summed E-state index contributed by atoms with van der Waals surface area (Å²) < 4.78 is 0. The number of amides is 1. The molecule has 0 aromatic carbocycles. The Morgan fingerprint density at radius 2 is 2.08 bits per heavy atom. The molecule has 0 spiro atoms. The molecule has 0 atom stereocenters. The van der Waals surface area contributed by atoms with E-state index in [1.165, 1.54) is 5.01 Å². The van der Waals surface area contributed by atoms with Crippen LogP contribution in [-0.4, -0.2) is 29.3 Å². The van der Waals surface area contributed by atoms with E-state index in [1.807, 2.05) is 0 Å². The fourth-order valence-electron chi connectivity index (χ4n) is 1.37. The van der Waals surface area contributed by atoms with Crippen LogP contribution in [0.4, 0.5) is 0 Å². The van der Waals surface area contributed by atoms with E-state index in [-0.39, 0.29) is 17.1 Å². The van der Waals surface area contributed by atoms with Crippen LogP contribution in [0.1, 0.15) is 12.8 Å². The van der Waals surface area contributed by atoms with Gasteiger partial charge in [0.25, 0.3) is 0 Å². The van der Waals surface area contributed by atoms with E-state index in [9.17, 15) is 14.9 Å². The summed E-state index contributed by atoms with van der Waals surface area (Å²) in [6.07, 6.45) is 1.01. The van der Waals surface area contributed by atoms with Crippen LogP contribution in [0.15, 0.2) is 5.29 Å². The molecule has 7 heteroatoms. The van der Waals surface area contributed by atoms with E-state index >= 15 is 0 Å². The molecule has 74 valence electrons. The Balaban J connectivity index is 2.38. The van der Waals surface area contributed by atoms with Crippen LogP contribution in [0.3, 0.4) is 0 Å². The van der Waals surface area contributed by atoms with Gasteiger partial charge in [0.2, 0.25) is 5.91 Å². The lowest BCUT2D eigenvalue weighted by molar-refractivity contribution is -0.124. The van der Waals surface area contributed by atoms with E-state index in [0.29, 0.717) is 25.9 Å². The molecule has 0 aromatic rings. The second kappa shape index (κ2) is 4.15. The quantitative estimate of drug-likeness (QED) is 0.477. The first kappa shape index (κ1) is 9.87. The SMILES string of the molecule is NC(=O)C1CCN(N([O-])N=O)CC1. The van der Waals surface area contributed by atoms with Gasteiger partial charge in [0.15, 0.2) is 0 Å². The molecule has 1 saturated heterocycles. The molecular formula is C6H11N4O3-. The number of nitroso groups, excluding NO2 is 1. The molecule has 7 nitrogen and oxygen atoms in total. The van der Waals surface area contributed by atoms with E-state index in [1.54, 1.807) is 0 Å². The second-order valence-electron chi connectivity index (χ2n) is 2.96. The molecule has 1 amide bonds. The average Bonchev–Trinajstić information content (AvgIpc) is 2.17. The number of hydrogen-bond donors (Lipinski definition) is 1. The van der Waals surface area contributed by atoms with Crippen LogP contribution in [0.2, 0.25) is 0 Å². The number of primary amides is 1. The predicted molar refractivity (Wildman–Crippen MR) is 44.5 cm³/mol. The van der Waals surface area contributed by atoms with Crippen LogP contribution in [0.5, 0.6) is 0 Å². The number of carbonyl (C=O) groups is 1. The van der Waals surface area contributed by atoms with Gasteiger partial charge in [-0.15, -0.1) is 4.91 Å². The van der Waals surface area contributed by atoms with Crippen molar-refractivity contribution in [2.45, 2.75) is 12.8 Å². The van der Waals surface area contributed by atoms with Gasteiger partial charge in [0.1, 0.15) is 0 Å². The van der Waals surface area contributed by atoms with Crippen molar-refractivity contribution in [1.29, 1.82) is 0 Å². The van der Waals surface area contributed by atoms with E-state index in [0.717, 1.165) is 0 Å². The Morgan fingerprint density at radius 3 is 2.46 bits per heavy atom. The zero-order valence-corrected chi connectivity index (χ0v) is 7.05. The van der Waals surface area contributed by atoms with Gasteiger partial charge in [-0.1, -0.05) is 0 Å². The van der Waals surface area contributed by atoms with Crippen molar-refractivity contribution in [3.63, 3.8) is 0 Å². The lowest BCUT2D eigenvalue weighted by atomic mass is 9.97. The van der Waals surface area contributed by atoms with E-state index < -0.39 is 0 Å². The van der Waals surface area contributed by atoms with Crippen molar-refractivity contribution in [2.24, 2.45) is 16.9 Å². The van der Waals surface area contributed by atoms with Gasteiger partial charge in [-0.2, -0.15) is 0 Å². The lowest BCUT2D eigenvalue weighted by Gasteiger charge is -2.38. The van der Waals surface area contributed by atoms with Crippen LogP contribution in [-0.2, 0) is 4.79 Å². The molecule has 13 heavy (non-hydrogen) atoms. The minimum absolute atomic E-state index is 0.0111. The summed E-state index contributed by atoms with van der Waals surface area (Å²) >= 11 is 0. The zero-order valence-electron chi connectivity index (χ0n) is 7.05. The Labute approximate surface area is 75.0 Å². The summed E-state index contributed by atoms with van der Waals surface area (Å²) in [6.45, 7) is 0.700. The van der Waals surface area contributed by atoms with Crippen molar-refractivity contribution < 1.29 is 4.79 Å². The smallest absolute Gasteiger partial charge is 0.220 e. The molecule has 0 aromatic heterocycles. The predicted octanol–water partition coefficient (Wildman–Crippen LogP) is -0.420. The minimum atomic E-state index is -0.351. The van der Waals surface area contributed by atoms with Crippen molar-refractivity contribution in [1.82, 2.24) is 10.3 Å². The maximum atomic E-state index is 10.7. The van der Waals surface area contributed by atoms with Crippen molar-refractivity contribution in [3.05, 3.63) is 10.1 Å². The first-order valence-corrected chi connectivity index (χ1v) is 4.00. The van der Waals surface area contributed by atoms with Gasteiger partial charge in [-0.3, -0.25) is 10.1 Å². The standard InChI is InChI=1S/C6H11N4O3/c7-6(11)5-1-3-9(4-2-5)10(13)8-12/h5H,1-4H2,(H2,7,11)/q-1. The summed E-state index contributed by atoms with van der Waals surface area (Å²) in [5.74, 6) is -0.535. The highest BCUT2D eigenvalue weighted by Gasteiger charge is 2.23. The molecule has 1 heterocycles. The number of hydrazine groups is 1. The molecule has 1 fully saturated rings. The third kappa shape index (κ3) is 2.36. The lowest BCUT2D eigenvalue weighted by Crippen LogP contribution is -2.43. The maximum absolute atomic E-state index is 10.7. The largest absolute Gasteiger partial charge is 0.724 e. The van der Waals surface area contributed by atoms with Crippen molar-refractivity contribution >= 4 is 5.91 Å². The van der Waals surface area contributed by atoms with Crippen LogP contribution < -0.4 is 5.73 Å². The van der Waals surface area contributed by atoms with Crippen LogP contribution in [0.25, 0.3) is 0 Å². The van der Waals surface area contributed by atoms with Gasteiger partial charge < -0.3 is 10.9 Å². The topological polar surface area (TPSA) is 102 Å². The molecule has 0 bridgehead atoms. The first-order valence-electron chi connectivity index (χ1n) is 4.00. The number of nitrogens with zero attached hydrogens (tertiary/aromatic N) is 3.